The van der Waals surface area contributed by atoms with Gasteiger partial charge < -0.3 is 10.6 Å². The molecule has 0 aliphatic carbocycles. The van der Waals surface area contributed by atoms with Crippen LogP contribution in [-0.2, 0) is 9.59 Å². The summed E-state index contributed by atoms with van der Waals surface area (Å²) in [6.45, 7) is 2.06. The number of rotatable bonds is 9. The van der Waals surface area contributed by atoms with Gasteiger partial charge in [0.1, 0.15) is 5.25 Å². The first-order valence-corrected chi connectivity index (χ1v) is 12.0. The second-order valence-corrected chi connectivity index (χ2v) is 9.28. The Morgan fingerprint density at radius 1 is 0.875 bits per heavy atom. The SMILES string of the molecule is CCCCC(=O)Nc1ccc(SC(C(=O)Nc2cc(Cl)cc(Cl)c2)c2ccccc2)cc1. The molecule has 32 heavy (non-hydrogen) atoms. The zero-order valence-corrected chi connectivity index (χ0v) is 19.9. The molecule has 0 bridgehead atoms. The van der Waals surface area contributed by atoms with E-state index >= 15 is 0 Å². The van der Waals surface area contributed by atoms with Crippen LogP contribution in [0.25, 0.3) is 0 Å². The molecule has 3 aromatic rings. The fourth-order valence-corrected chi connectivity index (χ4v) is 4.60. The summed E-state index contributed by atoms with van der Waals surface area (Å²) in [4.78, 5) is 26.0. The molecular weight excluding hydrogens is 463 g/mol. The van der Waals surface area contributed by atoms with Gasteiger partial charge in [-0.2, -0.15) is 0 Å². The zero-order valence-electron chi connectivity index (χ0n) is 17.6. The number of carbonyl (C=O) groups excluding carboxylic acids is 2. The van der Waals surface area contributed by atoms with Gasteiger partial charge in [0.15, 0.2) is 0 Å². The quantitative estimate of drug-likeness (QED) is 0.306. The minimum Gasteiger partial charge on any atom is -0.326 e. The van der Waals surface area contributed by atoms with Gasteiger partial charge in [0, 0.05) is 32.7 Å². The Morgan fingerprint density at radius 2 is 1.53 bits per heavy atom. The molecule has 0 heterocycles. The summed E-state index contributed by atoms with van der Waals surface area (Å²) < 4.78 is 0. The van der Waals surface area contributed by atoms with Crippen LogP contribution in [0, 0.1) is 0 Å². The highest BCUT2D eigenvalue weighted by Gasteiger charge is 2.22. The first kappa shape index (κ1) is 24.2. The smallest absolute Gasteiger partial charge is 0.242 e. The average Bonchev–Trinajstić information content (AvgIpc) is 2.77. The van der Waals surface area contributed by atoms with Crippen molar-refractivity contribution in [3.8, 4) is 0 Å². The van der Waals surface area contributed by atoms with Gasteiger partial charge in [-0.15, -0.1) is 11.8 Å². The Hall–Kier alpha value is -2.47. The number of hydrogen-bond acceptors (Lipinski definition) is 3. The lowest BCUT2D eigenvalue weighted by molar-refractivity contribution is -0.116. The summed E-state index contributed by atoms with van der Waals surface area (Å²) in [6, 6.07) is 22.0. The lowest BCUT2D eigenvalue weighted by atomic mass is 10.1. The molecule has 0 saturated heterocycles. The van der Waals surface area contributed by atoms with E-state index in [0.717, 1.165) is 29.0 Å². The number of unbranched alkanes of at least 4 members (excludes halogenated alkanes) is 1. The first-order chi connectivity index (χ1) is 15.4. The van der Waals surface area contributed by atoms with E-state index in [0.29, 0.717) is 22.2 Å². The van der Waals surface area contributed by atoms with Crippen LogP contribution in [0.2, 0.25) is 10.0 Å². The van der Waals surface area contributed by atoms with Crippen LogP contribution >= 0.6 is 35.0 Å². The number of anilines is 2. The van der Waals surface area contributed by atoms with E-state index < -0.39 is 5.25 Å². The Balaban J connectivity index is 1.75. The van der Waals surface area contributed by atoms with E-state index in [4.69, 9.17) is 23.2 Å². The summed E-state index contributed by atoms with van der Waals surface area (Å²) >= 11 is 13.6. The molecule has 1 atom stereocenters. The number of halogens is 2. The number of amides is 2. The molecule has 0 spiro atoms. The summed E-state index contributed by atoms with van der Waals surface area (Å²) in [7, 11) is 0. The van der Waals surface area contributed by atoms with Gasteiger partial charge in [-0.1, -0.05) is 66.9 Å². The van der Waals surface area contributed by atoms with Gasteiger partial charge >= 0.3 is 0 Å². The van der Waals surface area contributed by atoms with Crippen molar-refractivity contribution in [2.75, 3.05) is 10.6 Å². The minimum absolute atomic E-state index is 0.00831. The highest BCUT2D eigenvalue weighted by Crippen LogP contribution is 2.37. The summed E-state index contributed by atoms with van der Waals surface area (Å²) in [5.41, 5.74) is 2.16. The number of benzene rings is 3. The molecule has 3 aromatic carbocycles. The van der Waals surface area contributed by atoms with E-state index in [-0.39, 0.29) is 11.8 Å². The Kier molecular flexibility index (Phi) is 9.03. The van der Waals surface area contributed by atoms with Crippen LogP contribution < -0.4 is 10.6 Å². The van der Waals surface area contributed by atoms with Crippen molar-refractivity contribution in [3.05, 3.63) is 88.4 Å². The monoisotopic (exact) mass is 486 g/mol. The molecule has 0 aliphatic heterocycles. The van der Waals surface area contributed by atoms with Crippen LogP contribution in [-0.4, -0.2) is 11.8 Å². The van der Waals surface area contributed by atoms with Gasteiger partial charge in [-0.05, 0) is 54.4 Å². The highest BCUT2D eigenvalue weighted by atomic mass is 35.5. The highest BCUT2D eigenvalue weighted by molar-refractivity contribution is 8.00. The van der Waals surface area contributed by atoms with E-state index in [1.165, 1.54) is 11.8 Å². The van der Waals surface area contributed by atoms with Gasteiger partial charge in [0.05, 0.1) is 0 Å². The number of thioether (sulfide) groups is 1. The molecule has 0 radical (unpaired) electrons. The predicted molar refractivity (Wildman–Crippen MR) is 135 cm³/mol. The van der Waals surface area contributed by atoms with Crippen molar-refractivity contribution >= 4 is 58.2 Å². The van der Waals surface area contributed by atoms with Crippen LogP contribution in [0.1, 0.15) is 37.0 Å². The third-order valence-electron chi connectivity index (χ3n) is 4.62. The molecule has 0 aromatic heterocycles. The number of hydrogen-bond donors (Lipinski definition) is 2. The second-order valence-electron chi connectivity index (χ2n) is 7.23. The van der Waals surface area contributed by atoms with E-state index in [2.05, 4.69) is 17.6 Å². The van der Waals surface area contributed by atoms with Crippen LogP contribution in [0.3, 0.4) is 0 Å². The lowest BCUT2D eigenvalue weighted by Gasteiger charge is -2.18. The molecule has 3 rings (SSSR count). The maximum absolute atomic E-state index is 13.2. The van der Waals surface area contributed by atoms with Crippen molar-refractivity contribution < 1.29 is 9.59 Å². The molecule has 4 nitrogen and oxygen atoms in total. The summed E-state index contributed by atoms with van der Waals surface area (Å²) in [5, 5.41) is 6.23. The van der Waals surface area contributed by atoms with Crippen molar-refractivity contribution in [3.63, 3.8) is 0 Å². The van der Waals surface area contributed by atoms with Crippen molar-refractivity contribution in [1.82, 2.24) is 0 Å². The van der Waals surface area contributed by atoms with E-state index in [1.54, 1.807) is 18.2 Å². The Labute approximate surface area is 202 Å². The third kappa shape index (κ3) is 7.30. The minimum atomic E-state index is -0.487. The van der Waals surface area contributed by atoms with Gasteiger partial charge in [-0.25, -0.2) is 0 Å². The fourth-order valence-electron chi connectivity index (χ4n) is 3.05. The standard InChI is InChI=1S/C25H24Cl2N2O2S/c1-2-3-9-23(30)28-20-10-12-22(13-11-20)32-24(17-7-5-4-6-8-17)25(31)29-21-15-18(26)14-19(27)16-21/h4-8,10-16,24H,2-3,9H2,1H3,(H,28,30)(H,29,31). The normalized spacial score (nSPS) is 11.6. The number of nitrogens with one attached hydrogen (secondary N) is 2. The molecule has 166 valence electrons. The number of carbonyl (C=O) groups is 2. The van der Waals surface area contributed by atoms with Crippen LogP contribution in [0.15, 0.2) is 77.7 Å². The van der Waals surface area contributed by atoms with E-state index in [1.807, 2.05) is 54.6 Å². The summed E-state index contributed by atoms with van der Waals surface area (Å²) in [6.07, 6.45) is 2.36. The Bertz CT molecular complexity index is 1040. The predicted octanol–water partition coefficient (Wildman–Crippen LogP) is 7.59. The largest absolute Gasteiger partial charge is 0.326 e. The second kappa shape index (κ2) is 12.0. The summed E-state index contributed by atoms with van der Waals surface area (Å²) in [5.74, 6) is -0.176. The van der Waals surface area contributed by atoms with Crippen LogP contribution in [0.5, 0.6) is 0 Å². The molecule has 2 amide bonds. The van der Waals surface area contributed by atoms with Crippen molar-refractivity contribution in [2.45, 2.75) is 36.3 Å². The molecule has 2 N–H and O–H groups in total. The van der Waals surface area contributed by atoms with Crippen molar-refractivity contribution in [1.29, 1.82) is 0 Å². The average molecular weight is 487 g/mol. The Morgan fingerprint density at radius 3 is 2.16 bits per heavy atom. The topological polar surface area (TPSA) is 58.2 Å². The van der Waals surface area contributed by atoms with E-state index in [9.17, 15) is 9.59 Å². The van der Waals surface area contributed by atoms with Gasteiger partial charge in [0.25, 0.3) is 0 Å². The lowest BCUT2D eigenvalue weighted by Crippen LogP contribution is -2.19. The van der Waals surface area contributed by atoms with Gasteiger partial charge in [-0.3, -0.25) is 9.59 Å². The molecular formula is C25H24Cl2N2O2S. The first-order valence-electron chi connectivity index (χ1n) is 10.3. The zero-order chi connectivity index (χ0) is 22.9. The maximum atomic E-state index is 13.2. The molecule has 0 fully saturated rings. The van der Waals surface area contributed by atoms with Gasteiger partial charge in [0.2, 0.25) is 11.8 Å². The molecule has 0 aliphatic rings. The molecule has 7 heteroatoms. The third-order valence-corrected chi connectivity index (χ3v) is 6.32. The maximum Gasteiger partial charge on any atom is 0.242 e. The fraction of sp³-hybridized carbons (Fsp3) is 0.200. The molecule has 1 unspecified atom stereocenters. The molecule has 0 saturated carbocycles. The van der Waals surface area contributed by atoms with Crippen LogP contribution in [0.4, 0.5) is 11.4 Å². The van der Waals surface area contributed by atoms with Crippen molar-refractivity contribution in [2.24, 2.45) is 0 Å².